The Morgan fingerprint density at radius 2 is 1.69 bits per heavy atom. The first kappa shape index (κ1) is 20.9. The van der Waals surface area contributed by atoms with Gasteiger partial charge in [-0.25, -0.2) is 13.1 Å². The molecule has 0 radical (unpaired) electrons. The Balaban J connectivity index is 1.58. The second-order valence-corrected chi connectivity index (χ2v) is 7.66. The number of hydrogen-bond acceptors (Lipinski definition) is 5. The quantitative estimate of drug-likeness (QED) is 0.553. The second-order valence-electron chi connectivity index (χ2n) is 5.93. The van der Waals surface area contributed by atoms with Crippen LogP contribution in [0.15, 0.2) is 65.7 Å². The molecule has 0 aliphatic rings. The average Bonchev–Trinajstić information content (AvgIpc) is 2.67. The van der Waals surface area contributed by atoms with E-state index in [-0.39, 0.29) is 13.2 Å². The van der Waals surface area contributed by atoms with Crippen LogP contribution in [0.25, 0.3) is 10.9 Å². The van der Waals surface area contributed by atoms with Crippen LogP contribution < -0.4 is 14.2 Å². The van der Waals surface area contributed by atoms with E-state index in [4.69, 9.17) is 4.74 Å². The minimum absolute atomic E-state index is 0.0269. The fourth-order valence-corrected chi connectivity index (χ4v) is 3.81. The number of fused-ring (bicyclic) bond motifs is 1. The molecule has 1 N–H and O–H groups in total. The van der Waals surface area contributed by atoms with E-state index in [0.29, 0.717) is 17.7 Å². The second kappa shape index (κ2) is 8.66. The first-order valence-electron chi connectivity index (χ1n) is 8.57. The van der Waals surface area contributed by atoms with Gasteiger partial charge in [-0.1, -0.05) is 30.3 Å². The monoisotopic (exact) mass is 426 g/mol. The van der Waals surface area contributed by atoms with Gasteiger partial charge in [-0.3, -0.25) is 4.98 Å². The molecule has 0 saturated heterocycles. The Hall–Kier alpha value is -2.85. The lowest BCUT2D eigenvalue weighted by Crippen LogP contribution is -2.27. The van der Waals surface area contributed by atoms with E-state index in [2.05, 4.69) is 14.4 Å². The first-order valence-corrected chi connectivity index (χ1v) is 10.1. The molecule has 0 spiro atoms. The Morgan fingerprint density at radius 3 is 2.48 bits per heavy atom. The number of pyridine rings is 1. The number of sulfonamides is 1. The van der Waals surface area contributed by atoms with Crippen molar-refractivity contribution in [2.75, 3.05) is 13.2 Å². The SMILES string of the molecule is O=S(=O)(NCCCOc1cccc2cccnc12)c1ccccc1OC(F)(F)F. The highest BCUT2D eigenvalue weighted by molar-refractivity contribution is 7.89. The van der Waals surface area contributed by atoms with Gasteiger partial charge in [0.15, 0.2) is 0 Å². The summed E-state index contributed by atoms with van der Waals surface area (Å²) in [5.74, 6) is -0.222. The summed E-state index contributed by atoms with van der Waals surface area (Å²) in [6.07, 6.45) is -3.06. The highest BCUT2D eigenvalue weighted by atomic mass is 32.2. The normalized spacial score (nSPS) is 12.1. The van der Waals surface area contributed by atoms with E-state index in [9.17, 15) is 21.6 Å². The van der Waals surface area contributed by atoms with E-state index in [1.807, 2.05) is 18.2 Å². The van der Waals surface area contributed by atoms with Crippen molar-refractivity contribution in [2.45, 2.75) is 17.7 Å². The molecule has 0 atom stereocenters. The zero-order valence-corrected chi connectivity index (χ0v) is 15.8. The molecule has 0 fully saturated rings. The van der Waals surface area contributed by atoms with Crippen molar-refractivity contribution in [1.29, 1.82) is 0 Å². The zero-order chi connectivity index (χ0) is 20.9. The predicted octanol–water partition coefficient (Wildman–Crippen LogP) is 3.88. The fraction of sp³-hybridized carbons (Fsp3) is 0.211. The average molecular weight is 426 g/mol. The van der Waals surface area contributed by atoms with Gasteiger partial charge >= 0.3 is 6.36 Å². The molecular formula is C19H17F3N2O4S. The molecule has 3 aromatic rings. The van der Waals surface area contributed by atoms with Gasteiger partial charge in [-0.2, -0.15) is 0 Å². The summed E-state index contributed by atoms with van der Waals surface area (Å²) in [7, 11) is -4.19. The number of para-hydroxylation sites is 2. The summed E-state index contributed by atoms with van der Waals surface area (Å²) < 4.78 is 73.8. The van der Waals surface area contributed by atoms with Crippen LogP contribution in [0.1, 0.15) is 6.42 Å². The summed E-state index contributed by atoms with van der Waals surface area (Å²) in [5, 5.41) is 0.909. The molecule has 1 heterocycles. The molecule has 2 aromatic carbocycles. The van der Waals surface area contributed by atoms with Gasteiger partial charge in [0.05, 0.1) is 6.61 Å². The maximum Gasteiger partial charge on any atom is 0.573 e. The summed E-state index contributed by atoms with van der Waals surface area (Å²) in [6, 6.07) is 13.7. The number of rotatable bonds is 8. The molecule has 10 heteroatoms. The number of nitrogens with zero attached hydrogens (tertiary/aromatic N) is 1. The van der Waals surface area contributed by atoms with Gasteiger partial charge < -0.3 is 9.47 Å². The standard InChI is InChI=1S/C19H17F3N2O4S/c20-19(21,22)28-15-8-1-2-10-17(15)29(25,26)24-12-5-13-27-16-9-3-6-14-7-4-11-23-18(14)16/h1-4,6-11,24H,5,12-13H2. The van der Waals surface area contributed by atoms with Crippen molar-refractivity contribution < 1.29 is 31.1 Å². The number of hydrogen-bond donors (Lipinski definition) is 1. The zero-order valence-electron chi connectivity index (χ0n) is 15.0. The molecule has 29 heavy (non-hydrogen) atoms. The predicted molar refractivity (Wildman–Crippen MR) is 100 cm³/mol. The summed E-state index contributed by atoms with van der Waals surface area (Å²) in [5.41, 5.74) is 0.689. The minimum atomic E-state index is -4.99. The van der Waals surface area contributed by atoms with Gasteiger partial charge in [0.2, 0.25) is 10.0 Å². The van der Waals surface area contributed by atoms with Crippen molar-refractivity contribution in [2.24, 2.45) is 0 Å². The van der Waals surface area contributed by atoms with Crippen LogP contribution in [0.2, 0.25) is 0 Å². The number of aromatic nitrogens is 1. The molecule has 0 bridgehead atoms. The maximum absolute atomic E-state index is 12.5. The molecule has 6 nitrogen and oxygen atoms in total. The maximum atomic E-state index is 12.5. The van der Waals surface area contributed by atoms with Gasteiger partial charge in [0.1, 0.15) is 21.9 Å². The van der Waals surface area contributed by atoms with Crippen LogP contribution in [-0.2, 0) is 10.0 Å². The van der Waals surface area contributed by atoms with Crippen molar-refractivity contribution in [3.63, 3.8) is 0 Å². The van der Waals surface area contributed by atoms with Crippen LogP contribution in [0.4, 0.5) is 13.2 Å². The van der Waals surface area contributed by atoms with E-state index >= 15 is 0 Å². The van der Waals surface area contributed by atoms with E-state index in [0.717, 1.165) is 17.5 Å². The molecule has 0 saturated carbocycles. The summed E-state index contributed by atoms with van der Waals surface area (Å²) >= 11 is 0. The van der Waals surface area contributed by atoms with Gasteiger partial charge in [-0.05, 0) is 30.7 Å². The van der Waals surface area contributed by atoms with Crippen molar-refractivity contribution in [3.05, 3.63) is 60.8 Å². The largest absolute Gasteiger partial charge is 0.573 e. The van der Waals surface area contributed by atoms with Crippen LogP contribution in [0.5, 0.6) is 11.5 Å². The van der Waals surface area contributed by atoms with Gasteiger partial charge in [0.25, 0.3) is 0 Å². The van der Waals surface area contributed by atoms with Gasteiger partial charge in [-0.15, -0.1) is 13.2 Å². The molecule has 0 aliphatic heterocycles. The Labute approximate surface area is 165 Å². The lowest BCUT2D eigenvalue weighted by Gasteiger charge is -2.14. The summed E-state index contributed by atoms with van der Waals surface area (Å²) in [6.45, 7) is 0.166. The molecular weight excluding hydrogens is 409 g/mol. The minimum Gasteiger partial charge on any atom is -0.491 e. The van der Waals surface area contributed by atoms with Gasteiger partial charge in [0, 0.05) is 18.1 Å². The highest BCUT2D eigenvalue weighted by Gasteiger charge is 2.33. The molecule has 3 rings (SSSR count). The van der Waals surface area contributed by atoms with Crippen molar-refractivity contribution >= 4 is 20.9 Å². The van der Waals surface area contributed by atoms with Crippen LogP contribution in [0, 0.1) is 0 Å². The van der Waals surface area contributed by atoms with Crippen LogP contribution in [0.3, 0.4) is 0 Å². The molecule has 0 amide bonds. The van der Waals surface area contributed by atoms with Crippen molar-refractivity contribution in [1.82, 2.24) is 9.71 Å². The number of benzene rings is 2. The Bertz CT molecular complexity index is 1080. The topological polar surface area (TPSA) is 77.5 Å². The third kappa shape index (κ3) is 5.58. The molecule has 0 unspecified atom stereocenters. The number of nitrogens with one attached hydrogen (secondary N) is 1. The summed E-state index contributed by atoms with van der Waals surface area (Å²) in [4.78, 5) is 3.67. The van der Waals surface area contributed by atoms with E-state index in [1.54, 1.807) is 18.3 Å². The smallest absolute Gasteiger partial charge is 0.491 e. The lowest BCUT2D eigenvalue weighted by molar-refractivity contribution is -0.275. The molecule has 0 aliphatic carbocycles. The lowest BCUT2D eigenvalue weighted by atomic mass is 10.2. The third-order valence-corrected chi connectivity index (χ3v) is 5.33. The number of halogens is 3. The van der Waals surface area contributed by atoms with E-state index in [1.165, 1.54) is 12.1 Å². The Morgan fingerprint density at radius 1 is 0.966 bits per heavy atom. The fourth-order valence-electron chi connectivity index (χ4n) is 2.61. The Kier molecular flexibility index (Phi) is 6.23. The number of alkyl halides is 3. The number of ether oxygens (including phenoxy) is 2. The third-order valence-electron chi connectivity index (χ3n) is 3.83. The van der Waals surface area contributed by atoms with E-state index < -0.39 is 27.0 Å². The van der Waals surface area contributed by atoms with Crippen LogP contribution >= 0.6 is 0 Å². The molecule has 154 valence electrons. The first-order chi connectivity index (χ1) is 13.8. The highest BCUT2D eigenvalue weighted by Crippen LogP contribution is 2.29. The molecule has 1 aromatic heterocycles. The van der Waals surface area contributed by atoms with Crippen molar-refractivity contribution in [3.8, 4) is 11.5 Å². The van der Waals surface area contributed by atoms with Crippen LogP contribution in [-0.4, -0.2) is 32.9 Å².